The van der Waals surface area contributed by atoms with E-state index in [9.17, 15) is 14.9 Å². The van der Waals surface area contributed by atoms with Gasteiger partial charge in [0.1, 0.15) is 5.69 Å². The maximum atomic E-state index is 12.2. The van der Waals surface area contributed by atoms with Gasteiger partial charge in [-0.05, 0) is 18.2 Å². The number of halogens is 1. The van der Waals surface area contributed by atoms with Crippen LogP contribution in [-0.2, 0) is 11.8 Å². The zero-order valence-electron chi connectivity index (χ0n) is 14.1. The Hall–Kier alpha value is -2.91. The highest BCUT2D eigenvalue weighted by Crippen LogP contribution is 2.26. The number of rotatable bonds is 6. The number of carbonyl (C=O) groups excluding carboxylic acids is 1. The lowest BCUT2D eigenvalue weighted by atomic mass is 10.2. The number of nitro groups is 1. The Morgan fingerprint density at radius 3 is 2.78 bits per heavy atom. The van der Waals surface area contributed by atoms with Gasteiger partial charge in [0.2, 0.25) is 5.91 Å². The van der Waals surface area contributed by atoms with Gasteiger partial charge in [-0.25, -0.2) is 0 Å². The zero-order valence-corrected chi connectivity index (χ0v) is 15.7. The van der Waals surface area contributed by atoms with E-state index in [-0.39, 0.29) is 23.0 Å². The molecular formula is C17H14ClN5O3S. The van der Waals surface area contributed by atoms with Crippen LogP contribution in [0.15, 0.2) is 53.7 Å². The molecule has 27 heavy (non-hydrogen) atoms. The van der Waals surface area contributed by atoms with Crippen LogP contribution in [0.2, 0.25) is 5.02 Å². The number of hydrogen-bond donors (Lipinski definition) is 1. The largest absolute Gasteiger partial charge is 0.320 e. The second-order valence-electron chi connectivity index (χ2n) is 5.49. The van der Waals surface area contributed by atoms with E-state index in [2.05, 4.69) is 15.5 Å². The fourth-order valence-corrected chi connectivity index (χ4v) is 3.28. The first-order valence-corrected chi connectivity index (χ1v) is 9.13. The van der Waals surface area contributed by atoms with E-state index in [4.69, 9.17) is 11.6 Å². The number of nitro benzene ring substituents is 1. The number of anilines is 1. The number of amides is 1. The van der Waals surface area contributed by atoms with Gasteiger partial charge in [-0.1, -0.05) is 47.6 Å². The number of nitrogens with zero attached hydrogens (tertiary/aromatic N) is 4. The van der Waals surface area contributed by atoms with E-state index in [0.29, 0.717) is 16.0 Å². The van der Waals surface area contributed by atoms with E-state index in [1.54, 1.807) is 35.9 Å². The highest BCUT2D eigenvalue weighted by atomic mass is 35.5. The van der Waals surface area contributed by atoms with Gasteiger partial charge in [0.05, 0.1) is 10.7 Å². The van der Waals surface area contributed by atoms with Crippen molar-refractivity contribution in [1.29, 1.82) is 0 Å². The van der Waals surface area contributed by atoms with Gasteiger partial charge < -0.3 is 9.88 Å². The lowest BCUT2D eigenvalue weighted by Gasteiger charge is -2.06. The Morgan fingerprint density at radius 1 is 1.26 bits per heavy atom. The molecule has 0 saturated carbocycles. The molecule has 1 N–H and O–H groups in total. The Balaban J connectivity index is 1.67. The maximum Gasteiger partial charge on any atom is 0.292 e. The molecule has 0 aliphatic carbocycles. The topological polar surface area (TPSA) is 103 Å². The highest BCUT2D eigenvalue weighted by Gasteiger charge is 2.17. The molecule has 3 aromatic rings. The van der Waals surface area contributed by atoms with Crippen molar-refractivity contribution >= 4 is 40.6 Å². The summed E-state index contributed by atoms with van der Waals surface area (Å²) in [4.78, 5) is 22.6. The summed E-state index contributed by atoms with van der Waals surface area (Å²) < 4.78 is 1.76. The minimum absolute atomic E-state index is 0.0353. The SMILES string of the molecule is Cn1c(SCC(=O)Nc2ccccc2[N+](=O)[O-])nnc1-c1cccc(Cl)c1. The molecule has 1 aromatic heterocycles. The van der Waals surface area contributed by atoms with Gasteiger partial charge in [-0.15, -0.1) is 10.2 Å². The quantitative estimate of drug-likeness (QED) is 0.381. The molecule has 0 aliphatic heterocycles. The summed E-state index contributed by atoms with van der Waals surface area (Å²) in [6, 6.07) is 13.2. The van der Waals surface area contributed by atoms with Gasteiger partial charge in [-0.3, -0.25) is 14.9 Å². The molecular weight excluding hydrogens is 390 g/mol. The molecule has 1 heterocycles. The van der Waals surface area contributed by atoms with Crippen LogP contribution in [0.5, 0.6) is 0 Å². The summed E-state index contributed by atoms with van der Waals surface area (Å²) in [6.45, 7) is 0. The summed E-state index contributed by atoms with van der Waals surface area (Å²) in [5.41, 5.74) is 0.817. The molecule has 0 bridgehead atoms. The maximum absolute atomic E-state index is 12.2. The first kappa shape index (κ1) is 18.9. The predicted octanol–water partition coefficient (Wildman–Crippen LogP) is 3.77. The van der Waals surface area contributed by atoms with Gasteiger partial charge >= 0.3 is 0 Å². The molecule has 0 spiro atoms. The molecule has 3 rings (SSSR count). The van der Waals surface area contributed by atoms with Crippen molar-refractivity contribution in [2.24, 2.45) is 7.05 Å². The molecule has 1 amide bonds. The number of para-hydroxylation sites is 2. The fraction of sp³-hybridized carbons (Fsp3) is 0.118. The van der Waals surface area contributed by atoms with Crippen molar-refractivity contribution in [3.63, 3.8) is 0 Å². The Morgan fingerprint density at radius 2 is 2.04 bits per heavy atom. The van der Waals surface area contributed by atoms with Crippen molar-refractivity contribution in [2.45, 2.75) is 5.16 Å². The van der Waals surface area contributed by atoms with Crippen molar-refractivity contribution in [2.75, 3.05) is 11.1 Å². The van der Waals surface area contributed by atoms with E-state index >= 15 is 0 Å². The lowest BCUT2D eigenvalue weighted by molar-refractivity contribution is -0.383. The van der Waals surface area contributed by atoms with Crippen molar-refractivity contribution in [3.8, 4) is 11.4 Å². The third-order valence-corrected chi connectivity index (χ3v) is 4.88. The molecule has 0 atom stereocenters. The van der Waals surface area contributed by atoms with Crippen LogP contribution in [0.3, 0.4) is 0 Å². The Labute approximate surface area is 163 Å². The first-order chi connectivity index (χ1) is 13.0. The van der Waals surface area contributed by atoms with Crippen LogP contribution in [0, 0.1) is 10.1 Å². The van der Waals surface area contributed by atoms with Crippen LogP contribution >= 0.6 is 23.4 Å². The van der Waals surface area contributed by atoms with Crippen LogP contribution < -0.4 is 5.32 Å². The third-order valence-electron chi connectivity index (χ3n) is 3.62. The van der Waals surface area contributed by atoms with E-state index in [0.717, 1.165) is 5.56 Å². The minimum Gasteiger partial charge on any atom is -0.320 e. The summed E-state index contributed by atoms with van der Waals surface area (Å²) in [5.74, 6) is 0.286. The summed E-state index contributed by atoms with van der Waals surface area (Å²) in [6.07, 6.45) is 0. The van der Waals surface area contributed by atoms with Crippen molar-refractivity contribution in [1.82, 2.24) is 14.8 Å². The van der Waals surface area contributed by atoms with Crippen molar-refractivity contribution < 1.29 is 9.72 Å². The number of carbonyl (C=O) groups is 1. The number of aromatic nitrogens is 3. The molecule has 0 radical (unpaired) electrons. The third kappa shape index (κ3) is 4.44. The van der Waals surface area contributed by atoms with Crippen LogP contribution in [0.25, 0.3) is 11.4 Å². The summed E-state index contributed by atoms with van der Waals surface area (Å²) in [7, 11) is 1.79. The Kier molecular flexibility index (Phi) is 5.72. The molecule has 138 valence electrons. The average molecular weight is 404 g/mol. The molecule has 2 aromatic carbocycles. The highest BCUT2D eigenvalue weighted by molar-refractivity contribution is 7.99. The minimum atomic E-state index is -0.539. The lowest BCUT2D eigenvalue weighted by Crippen LogP contribution is -2.15. The summed E-state index contributed by atoms with van der Waals surface area (Å²) in [5, 5.41) is 22.9. The molecule has 0 fully saturated rings. The van der Waals surface area contributed by atoms with Gasteiger partial charge in [-0.2, -0.15) is 0 Å². The zero-order chi connectivity index (χ0) is 19.4. The molecule has 10 heteroatoms. The van der Waals surface area contributed by atoms with Crippen LogP contribution in [-0.4, -0.2) is 31.3 Å². The second-order valence-corrected chi connectivity index (χ2v) is 6.87. The standard InChI is InChI=1S/C17H14ClN5O3S/c1-22-16(11-5-4-6-12(18)9-11)20-21-17(22)27-10-15(24)19-13-7-2-3-8-14(13)23(25)26/h2-9H,10H2,1H3,(H,19,24). The van der Waals surface area contributed by atoms with E-state index in [1.807, 2.05) is 12.1 Å². The number of thioether (sulfide) groups is 1. The predicted molar refractivity (Wildman–Crippen MR) is 104 cm³/mol. The Bertz CT molecular complexity index is 1010. The smallest absolute Gasteiger partial charge is 0.292 e. The van der Waals surface area contributed by atoms with Crippen molar-refractivity contribution in [3.05, 3.63) is 63.7 Å². The normalized spacial score (nSPS) is 10.6. The molecule has 0 unspecified atom stereocenters. The first-order valence-electron chi connectivity index (χ1n) is 7.77. The monoisotopic (exact) mass is 403 g/mol. The van der Waals surface area contributed by atoms with Gasteiger partial charge in [0.25, 0.3) is 5.69 Å². The van der Waals surface area contributed by atoms with Crippen LogP contribution in [0.4, 0.5) is 11.4 Å². The molecule has 0 aliphatic rings. The molecule has 0 saturated heterocycles. The fourth-order valence-electron chi connectivity index (χ4n) is 2.37. The molecule has 8 nitrogen and oxygen atoms in total. The number of nitrogens with one attached hydrogen (secondary N) is 1. The summed E-state index contributed by atoms with van der Waals surface area (Å²) >= 11 is 7.19. The van der Waals surface area contributed by atoms with Crippen LogP contribution in [0.1, 0.15) is 0 Å². The van der Waals surface area contributed by atoms with Gasteiger partial charge in [0.15, 0.2) is 11.0 Å². The second kappa shape index (κ2) is 8.19. The number of benzene rings is 2. The van der Waals surface area contributed by atoms with E-state index < -0.39 is 4.92 Å². The van der Waals surface area contributed by atoms with Gasteiger partial charge in [0, 0.05) is 23.7 Å². The van der Waals surface area contributed by atoms with E-state index in [1.165, 1.54) is 23.9 Å². The average Bonchev–Trinajstić information content (AvgIpc) is 3.01. The number of hydrogen-bond acceptors (Lipinski definition) is 6.